The van der Waals surface area contributed by atoms with Gasteiger partial charge in [-0.3, -0.25) is 15.0 Å². The van der Waals surface area contributed by atoms with Crippen LogP contribution in [0.2, 0.25) is 0 Å². The van der Waals surface area contributed by atoms with E-state index >= 15 is 0 Å². The molecule has 0 saturated carbocycles. The van der Waals surface area contributed by atoms with E-state index in [9.17, 15) is 0 Å². The summed E-state index contributed by atoms with van der Waals surface area (Å²) in [5.41, 5.74) is 6.65. The second-order valence-corrected chi connectivity index (χ2v) is 6.66. The van der Waals surface area contributed by atoms with E-state index in [1.54, 1.807) is 0 Å². The number of pyridine rings is 2. The summed E-state index contributed by atoms with van der Waals surface area (Å²) in [5.74, 6) is 0. The number of para-hydroxylation sites is 1. The molecule has 0 aliphatic rings. The number of rotatable bonds is 5. The summed E-state index contributed by atoms with van der Waals surface area (Å²) in [6.07, 6.45) is 6.51. The van der Waals surface area contributed by atoms with Gasteiger partial charge >= 0.3 is 0 Å². The summed E-state index contributed by atoms with van der Waals surface area (Å²) in [6.45, 7) is 4.35. The van der Waals surface area contributed by atoms with E-state index < -0.39 is 0 Å². The molecule has 2 heterocycles. The Balaban J connectivity index is 1.67. The minimum Gasteiger partial charge on any atom is -0.260 e. The number of hydrogen-bond acceptors (Lipinski definition) is 3. The number of aliphatic imine (C=N–C) groups is 1. The average molecular weight is 353 g/mol. The Morgan fingerprint density at radius 2 is 1.52 bits per heavy atom. The molecule has 0 aliphatic heterocycles. The molecule has 0 N–H and O–H groups in total. The van der Waals surface area contributed by atoms with Crippen molar-refractivity contribution in [2.75, 3.05) is 0 Å². The highest BCUT2D eigenvalue weighted by Gasteiger charge is 2.06. The number of aromatic nitrogens is 2. The maximum atomic E-state index is 4.87. The van der Waals surface area contributed by atoms with Crippen LogP contribution in [0.1, 0.15) is 30.7 Å². The summed E-state index contributed by atoms with van der Waals surface area (Å²) in [6, 6.07) is 18.9. The van der Waals surface area contributed by atoms with E-state index in [1.165, 1.54) is 11.1 Å². The van der Waals surface area contributed by atoms with Gasteiger partial charge in [-0.25, -0.2) is 0 Å². The van der Waals surface area contributed by atoms with Crippen molar-refractivity contribution >= 4 is 33.7 Å². The monoisotopic (exact) mass is 353 g/mol. The third-order valence-corrected chi connectivity index (χ3v) is 4.98. The number of nitrogens with zero attached hydrogens (tertiary/aromatic N) is 3. The topological polar surface area (TPSA) is 38.1 Å². The predicted molar refractivity (Wildman–Crippen MR) is 114 cm³/mol. The van der Waals surface area contributed by atoms with Crippen LogP contribution in [-0.4, -0.2) is 16.2 Å². The molecule has 0 spiro atoms. The van der Waals surface area contributed by atoms with Gasteiger partial charge in [0.15, 0.2) is 0 Å². The predicted octanol–water partition coefficient (Wildman–Crippen LogP) is 5.85. The summed E-state index contributed by atoms with van der Waals surface area (Å²) >= 11 is 0. The second kappa shape index (κ2) is 7.67. The molecule has 134 valence electrons. The van der Waals surface area contributed by atoms with Gasteiger partial charge in [-0.1, -0.05) is 56.3 Å². The van der Waals surface area contributed by atoms with Crippen LogP contribution < -0.4 is 0 Å². The number of hydrogen-bond donors (Lipinski definition) is 0. The average Bonchev–Trinajstić information content (AvgIpc) is 2.73. The van der Waals surface area contributed by atoms with Crippen molar-refractivity contribution < 1.29 is 0 Å². The molecule has 0 unspecified atom stereocenters. The maximum absolute atomic E-state index is 4.87. The fourth-order valence-electron chi connectivity index (χ4n) is 3.49. The normalized spacial score (nSPS) is 11.6. The summed E-state index contributed by atoms with van der Waals surface area (Å²) < 4.78 is 0. The smallest absolute Gasteiger partial charge is 0.0968 e. The van der Waals surface area contributed by atoms with E-state index in [0.29, 0.717) is 6.42 Å². The Morgan fingerprint density at radius 1 is 0.815 bits per heavy atom. The van der Waals surface area contributed by atoms with E-state index in [2.05, 4.69) is 67.4 Å². The Bertz CT molecular complexity index is 1110. The van der Waals surface area contributed by atoms with Gasteiger partial charge in [-0.05, 0) is 36.1 Å². The van der Waals surface area contributed by atoms with Crippen LogP contribution in [0.15, 0.2) is 65.8 Å². The SMILES string of the molecule is CCc1cccc(CC)c1N=CCc1ccc2ccc3cccnc3c2n1. The molecule has 0 radical (unpaired) electrons. The van der Waals surface area contributed by atoms with Crippen molar-refractivity contribution in [3.63, 3.8) is 0 Å². The first-order valence-corrected chi connectivity index (χ1v) is 9.56. The van der Waals surface area contributed by atoms with Gasteiger partial charge in [-0.15, -0.1) is 0 Å². The number of aryl methyl sites for hydroxylation is 2. The van der Waals surface area contributed by atoms with Crippen LogP contribution in [0.25, 0.3) is 21.8 Å². The summed E-state index contributed by atoms with van der Waals surface area (Å²) in [5, 5.41) is 2.24. The lowest BCUT2D eigenvalue weighted by Crippen LogP contribution is -1.94. The van der Waals surface area contributed by atoms with Crippen molar-refractivity contribution in [3.8, 4) is 0 Å². The van der Waals surface area contributed by atoms with Crippen molar-refractivity contribution in [1.82, 2.24) is 9.97 Å². The maximum Gasteiger partial charge on any atom is 0.0968 e. The van der Waals surface area contributed by atoms with Crippen LogP contribution in [-0.2, 0) is 19.3 Å². The summed E-state index contributed by atoms with van der Waals surface area (Å²) in [7, 11) is 0. The molecule has 2 aromatic carbocycles. The molecule has 0 aliphatic carbocycles. The first-order valence-electron chi connectivity index (χ1n) is 9.56. The van der Waals surface area contributed by atoms with Crippen molar-refractivity contribution in [2.24, 2.45) is 4.99 Å². The van der Waals surface area contributed by atoms with Crippen LogP contribution >= 0.6 is 0 Å². The molecule has 2 aromatic heterocycles. The Morgan fingerprint density at radius 3 is 2.26 bits per heavy atom. The minimum atomic E-state index is 0.709. The largest absolute Gasteiger partial charge is 0.260 e. The Labute approximate surface area is 159 Å². The molecule has 0 atom stereocenters. The molecular weight excluding hydrogens is 330 g/mol. The zero-order valence-electron chi connectivity index (χ0n) is 15.8. The fraction of sp³-hybridized carbons (Fsp3) is 0.208. The van der Waals surface area contributed by atoms with Crippen LogP contribution in [0.3, 0.4) is 0 Å². The van der Waals surface area contributed by atoms with Crippen LogP contribution in [0, 0.1) is 0 Å². The summed E-state index contributed by atoms with van der Waals surface area (Å²) in [4.78, 5) is 14.2. The molecule has 3 heteroatoms. The highest BCUT2D eigenvalue weighted by molar-refractivity contribution is 6.02. The third kappa shape index (κ3) is 3.45. The molecule has 0 amide bonds. The van der Waals surface area contributed by atoms with Gasteiger partial charge in [0.05, 0.1) is 16.7 Å². The number of benzene rings is 2. The molecular formula is C24H23N3. The lowest BCUT2D eigenvalue weighted by Gasteiger charge is -2.08. The van der Waals surface area contributed by atoms with E-state index in [-0.39, 0.29) is 0 Å². The van der Waals surface area contributed by atoms with Gasteiger partial charge in [-0.2, -0.15) is 0 Å². The highest BCUT2D eigenvalue weighted by Crippen LogP contribution is 2.26. The van der Waals surface area contributed by atoms with E-state index in [4.69, 9.17) is 9.98 Å². The first-order chi connectivity index (χ1) is 13.3. The molecule has 4 rings (SSSR count). The zero-order valence-corrected chi connectivity index (χ0v) is 15.8. The standard InChI is InChI=1S/C24H23N3/c1-3-17-7-5-8-18(4-2)22(17)26-16-14-21-13-12-20-11-10-19-9-6-15-25-23(19)24(20)27-21/h5-13,15-16H,3-4,14H2,1-2H3. The fourth-order valence-corrected chi connectivity index (χ4v) is 3.49. The van der Waals surface area contributed by atoms with Crippen LogP contribution in [0.5, 0.6) is 0 Å². The third-order valence-electron chi connectivity index (χ3n) is 4.98. The second-order valence-electron chi connectivity index (χ2n) is 6.66. The first kappa shape index (κ1) is 17.3. The van der Waals surface area contributed by atoms with E-state index in [0.717, 1.165) is 46.0 Å². The quantitative estimate of drug-likeness (QED) is 0.333. The van der Waals surface area contributed by atoms with E-state index in [1.807, 2.05) is 18.5 Å². The van der Waals surface area contributed by atoms with Gasteiger partial charge in [0.2, 0.25) is 0 Å². The molecule has 3 nitrogen and oxygen atoms in total. The molecule has 4 aromatic rings. The van der Waals surface area contributed by atoms with Crippen molar-refractivity contribution in [3.05, 3.63) is 77.6 Å². The Hall–Kier alpha value is -3.07. The zero-order chi connectivity index (χ0) is 18.6. The van der Waals surface area contributed by atoms with Crippen LogP contribution in [0.4, 0.5) is 5.69 Å². The molecule has 0 bridgehead atoms. The van der Waals surface area contributed by atoms with Crippen molar-refractivity contribution in [1.29, 1.82) is 0 Å². The lowest BCUT2D eigenvalue weighted by atomic mass is 10.0. The van der Waals surface area contributed by atoms with Gasteiger partial charge in [0.1, 0.15) is 0 Å². The molecule has 0 fully saturated rings. The lowest BCUT2D eigenvalue weighted by molar-refractivity contribution is 1.08. The minimum absolute atomic E-state index is 0.709. The van der Waals surface area contributed by atoms with Gasteiger partial charge < -0.3 is 0 Å². The number of fused-ring (bicyclic) bond motifs is 3. The Kier molecular flexibility index (Phi) is 4.93. The van der Waals surface area contributed by atoms with Gasteiger partial charge in [0.25, 0.3) is 0 Å². The van der Waals surface area contributed by atoms with Crippen molar-refractivity contribution in [2.45, 2.75) is 33.1 Å². The molecule has 0 saturated heterocycles. The highest BCUT2D eigenvalue weighted by atomic mass is 14.8. The van der Waals surface area contributed by atoms with Gasteiger partial charge in [0, 0.05) is 35.3 Å². The molecule has 27 heavy (non-hydrogen) atoms.